The maximum absolute atomic E-state index is 14.7. The van der Waals surface area contributed by atoms with Gasteiger partial charge in [0, 0.05) is 9.49 Å². The van der Waals surface area contributed by atoms with Crippen LogP contribution in [0.15, 0.2) is 12.1 Å². The first-order valence-electron chi connectivity index (χ1n) is 13.5. The Balaban J connectivity index is 1.22. The second kappa shape index (κ2) is 8.20. The molecule has 1 aromatic carbocycles. The van der Waals surface area contributed by atoms with Gasteiger partial charge in [0.2, 0.25) is 0 Å². The predicted octanol–water partition coefficient (Wildman–Crippen LogP) is 6.15. The number of carbonyl (C=O) groups is 1. The van der Waals surface area contributed by atoms with Gasteiger partial charge in [-0.2, -0.15) is 0 Å². The van der Waals surface area contributed by atoms with Crippen molar-refractivity contribution in [3.8, 4) is 0 Å². The van der Waals surface area contributed by atoms with Crippen molar-refractivity contribution in [1.29, 1.82) is 0 Å². The largest absolute Gasteiger partial charge is 0.390 e. The number of aliphatic hydroxyl groups is 1. The molecule has 190 valence electrons. The average Bonchev–Trinajstić information content (AvgIpc) is 3.34. The number of carbonyl (C=O) groups excluding carboxylic acids is 1. The number of nitrogens with zero attached hydrogens (tertiary/aromatic N) is 3. The number of fused-ring (bicyclic) bond motifs is 6. The highest BCUT2D eigenvalue weighted by Crippen LogP contribution is 2.68. The molecular weight excluding hydrogens is 556 g/mol. The molecule has 2 aromatic rings. The Morgan fingerprint density at radius 2 is 1.86 bits per heavy atom. The van der Waals surface area contributed by atoms with E-state index in [9.17, 15) is 14.3 Å². The van der Waals surface area contributed by atoms with E-state index < -0.39 is 5.60 Å². The van der Waals surface area contributed by atoms with Crippen molar-refractivity contribution in [2.24, 2.45) is 40.4 Å². The minimum atomic E-state index is -0.506. The smallest absolute Gasteiger partial charge is 0.157 e. The summed E-state index contributed by atoms with van der Waals surface area (Å²) in [4.78, 5) is 13.7. The first kappa shape index (κ1) is 24.3. The molecule has 0 bridgehead atoms. The lowest BCUT2D eigenvalue weighted by Crippen LogP contribution is -2.55. The summed E-state index contributed by atoms with van der Waals surface area (Å²) in [5.41, 5.74) is 0.681. The molecule has 4 aliphatic rings. The molecule has 0 spiro atoms. The third-order valence-electron chi connectivity index (χ3n) is 11.2. The maximum atomic E-state index is 14.7. The Morgan fingerprint density at radius 3 is 2.66 bits per heavy atom. The number of halogens is 2. The molecule has 7 heteroatoms. The molecule has 4 aliphatic carbocycles. The molecule has 0 saturated heterocycles. The van der Waals surface area contributed by atoms with E-state index in [2.05, 4.69) is 46.8 Å². The summed E-state index contributed by atoms with van der Waals surface area (Å²) < 4.78 is 16.9. The molecule has 4 fully saturated rings. The zero-order chi connectivity index (χ0) is 24.8. The van der Waals surface area contributed by atoms with Crippen LogP contribution in [0.25, 0.3) is 11.0 Å². The lowest BCUT2D eigenvalue weighted by molar-refractivity contribution is -0.151. The summed E-state index contributed by atoms with van der Waals surface area (Å²) in [6, 6.07) is 3.28. The van der Waals surface area contributed by atoms with Crippen molar-refractivity contribution in [3.63, 3.8) is 0 Å². The SMILES string of the molecule is C[C@@]1(O)CC[C@@]2(C)C(CCC3[C@@H]4CC[C@H](C(=O)Cn5nnc6cc(I)cc(F)c65)[C@@]4(C)CC[C@@H]32)C1. The Labute approximate surface area is 220 Å². The fourth-order valence-electron chi connectivity index (χ4n) is 9.36. The van der Waals surface area contributed by atoms with Crippen LogP contribution in [0.4, 0.5) is 4.39 Å². The van der Waals surface area contributed by atoms with E-state index in [1.54, 1.807) is 0 Å². The van der Waals surface area contributed by atoms with Crippen LogP contribution in [-0.2, 0) is 11.3 Å². The molecule has 35 heavy (non-hydrogen) atoms. The Morgan fingerprint density at radius 1 is 1.09 bits per heavy atom. The average molecular weight is 594 g/mol. The van der Waals surface area contributed by atoms with Crippen LogP contribution in [0.3, 0.4) is 0 Å². The summed E-state index contributed by atoms with van der Waals surface area (Å²) in [5.74, 6) is 2.43. The quantitative estimate of drug-likeness (QED) is 0.434. The second-order valence-electron chi connectivity index (χ2n) is 13.0. The van der Waals surface area contributed by atoms with E-state index in [1.165, 1.54) is 30.0 Å². The Bertz CT molecular complexity index is 1180. The van der Waals surface area contributed by atoms with Crippen LogP contribution >= 0.6 is 22.6 Å². The van der Waals surface area contributed by atoms with Crippen molar-refractivity contribution in [2.75, 3.05) is 0 Å². The highest BCUT2D eigenvalue weighted by atomic mass is 127. The molecule has 2 unspecified atom stereocenters. The number of Topliss-reactive ketones (excluding diaryl/α,β-unsaturated/α-hetero) is 1. The summed E-state index contributed by atoms with van der Waals surface area (Å²) in [7, 11) is 0. The van der Waals surface area contributed by atoms with Gasteiger partial charge in [-0.25, -0.2) is 9.07 Å². The van der Waals surface area contributed by atoms with Crippen LogP contribution < -0.4 is 0 Å². The summed E-state index contributed by atoms with van der Waals surface area (Å²) in [6.07, 6.45) is 9.77. The second-order valence-corrected chi connectivity index (χ2v) is 14.2. The van der Waals surface area contributed by atoms with E-state index in [4.69, 9.17) is 0 Å². The third kappa shape index (κ3) is 3.72. The van der Waals surface area contributed by atoms with Gasteiger partial charge in [-0.1, -0.05) is 19.1 Å². The van der Waals surface area contributed by atoms with Gasteiger partial charge in [-0.3, -0.25) is 4.79 Å². The minimum absolute atomic E-state index is 0.0113. The van der Waals surface area contributed by atoms with Gasteiger partial charge in [0.05, 0.1) is 5.60 Å². The molecule has 8 atom stereocenters. The van der Waals surface area contributed by atoms with E-state index in [0.29, 0.717) is 40.1 Å². The molecule has 5 nitrogen and oxygen atoms in total. The number of benzene rings is 1. The van der Waals surface area contributed by atoms with E-state index in [0.717, 1.165) is 42.1 Å². The number of rotatable bonds is 3. The van der Waals surface area contributed by atoms with Gasteiger partial charge in [0.1, 0.15) is 17.6 Å². The van der Waals surface area contributed by atoms with Gasteiger partial charge in [0.15, 0.2) is 11.6 Å². The highest BCUT2D eigenvalue weighted by Gasteiger charge is 2.61. The number of aromatic nitrogens is 3. The fraction of sp³-hybridized carbons (Fsp3) is 0.750. The molecule has 1 heterocycles. The lowest BCUT2D eigenvalue weighted by atomic mass is 9.44. The Kier molecular flexibility index (Phi) is 5.69. The molecule has 1 aromatic heterocycles. The van der Waals surface area contributed by atoms with Crippen molar-refractivity contribution in [3.05, 3.63) is 21.5 Å². The molecule has 6 rings (SSSR count). The van der Waals surface area contributed by atoms with Gasteiger partial charge >= 0.3 is 0 Å². The maximum Gasteiger partial charge on any atom is 0.157 e. The molecule has 4 saturated carbocycles. The van der Waals surface area contributed by atoms with Crippen molar-refractivity contribution in [2.45, 2.75) is 90.7 Å². The summed E-state index contributed by atoms with van der Waals surface area (Å²) in [5, 5.41) is 19.0. The first-order valence-corrected chi connectivity index (χ1v) is 14.5. The predicted molar refractivity (Wildman–Crippen MR) is 141 cm³/mol. The molecule has 0 aliphatic heterocycles. The van der Waals surface area contributed by atoms with Gasteiger partial charge in [0.25, 0.3) is 0 Å². The monoisotopic (exact) mass is 593 g/mol. The van der Waals surface area contributed by atoms with E-state index in [1.807, 2.05) is 13.0 Å². The van der Waals surface area contributed by atoms with E-state index in [-0.39, 0.29) is 29.5 Å². The lowest BCUT2D eigenvalue weighted by Gasteiger charge is -2.61. The van der Waals surface area contributed by atoms with Gasteiger partial charge < -0.3 is 5.11 Å². The fourth-order valence-corrected chi connectivity index (χ4v) is 9.93. The van der Waals surface area contributed by atoms with Gasteiger partial charge in [-0.15, -0.1) is 5.10 Å². The zero-order valence-corrected chi connectivity index (χ0v) is 23.2. The highest BCUT2D eigenvalue weighted by molar-refractivity contribution is 14.1. The zero-order valence-electron chi connectivity index (χ0n) is 21.1. The van der Waals surface area contributed by atoms with Crippen LogP contribution in [0.5, 0.6) is 0 Å². The first-order chi connectivity index (χ1) is 16.5. The van der Waals surface area contributed by atoms with Crippen molar-refractivity contribution < 1.29 is 14.3 Å². The van der Waals surface area contributed by atoms with Crippen LogP contribution in [-0.4, -0.2) is 31.5 Å². The standard InChI is InChI=1S/C28H37FIN3O2/c1-26(35)10-11-27(2)16(14-26)4-5-18-19-6-7-21(28(19,3)9-8-20(18)27)24(34)15-33-25-22(29)12-17(30)13-23(25)31-32-33/h12-13,16,18-21,35H,4-11,14-15H2,1-3H3/t16?,18?,19-,20-,21+,26+,27-,28-/m0/s1. The molecule has 0 radical (unpaired) electrons. The van der Waals surface area contributed by atoms with Crippen molar-refractivity contribution in [1.82, 2.24) is 15.0 Å². The van der Waals surface area contributed by atoms with Crippen LogP contribution in [0.1, 0.15) is 78.6 Å². The van der Waals surface area contributed by atoms with Crippen LogP contribution in [0, 0.1) is 49.8 Å². The number of hydrogen-bond donors (Lipinski definition) is 1. The summed E-state index contributed by atoms with van der Waals surface area (Å²) >= 11 is 2.07. The van der Waals surface area contributed by atoms with Gasteiger partial charge in [-0.05, 0) is 134 Å². The van der Waals surface area contributed by atoms with E-state index >= 15 is 0 Å². The van der Waals surface area contributed by atoms with Crippen LogP contribution in [0.2, 0.25) is 0 Å². The molecule has 1 N–H and O–H groups in total. The summed E-state index contributed by atoms with van der Waals surface area (Å²) in [6.45, 7) is 7.00. The number of hydrogen-bond acceptors (Lipinski definition) is 4. The molecule has 0 amide bonds. The third-order valence-corrected chi connectivity index (χ3v) is 11.8. The number of ketones is 1. The molecular formula is C28H37FIN3O2. The minimum Gasteiger partial charge on any atom is -0.390 e. The topological polar surface area (TPSA) is 68.0 Å². The normalized spacial score (nSPS) is 43.0. The Hall–Kier alpha value is -1.09. The van der Waals surface area contributed by atoms with Crippen molar-refractivity contribution >= 4 is 39.4 Å².